The molecule has 1 heterocycles. The van der Waals surface area contributed by atoms with Crippen molar-refractivity contribution in [3.05, 3.63) is 58.1 Å². The molecule has 10 heteroatoms. The van der Waals surface area contributed by atoms with Gasteiger partial charge in [0, 0.05) is 26.2 Å². The fraction of sp³-hybridized carbons (Fsp3) is 0.294. The molecular formula is C17H18Cl2N2O4S2. The summed E-state index contributed by atoms with van der Waals surface area (Å²) in [5.41, 5.74) is 0.960. The van der Waals surface area contributed by atoms with Crippen LogP contribution in [0.3, 0.4) is 0 Å². The first-order valence-corrected chi connectivity index (χ1v) is 11.8. The fourth-order valence-corrected chi connectivity index (χ4v) is 6.80. The minimum absolute atomic E-state index is 0.0228. The summed E-state index contributed by atoms with van der Waals surface area (Å²) < 4.78 is 53.8. The van der Waals surface area contributed by atoms with Crippen LogP contribution in [0.4, 0.5) is 0 Å². The number of hydrogen-bond donors (Lipinski definition) is 0. The highest BCUT2D eigenvalue weighted by Crippen LogP contribution is 2.32. The van der Waals surface area contributed by atoms with Crippen molar-refractivity contribution in [1.29, 1.82) is 0 Å². The fourth-order valence-electron chi connectivity index (χ4n) is 2.87. The number of rotatable bonds is 4. The molecule has 0 amide bonds. The van der Waals surface area contributed by atoms with Gasteiger partial charge in [-0.2, -0.15) is 8.61 Å². The van der Waals surface area contributed by atoms with Crippen molar-refractivity contribution >= 4 is 43.2 Å². The number of hydrogen-bond acceptors (Lipinski definition) is 4. The van der Waals surface area contributed by atoms with E-state index in [0.717, 1.165) is 5.56 Å². The maximum Gasteiger partial charge on any atom is 0.246 e. The zero-order valence-electron chi connectivity index (χ0n) is 14.5. The molecule has 0 radical (unpaired) electrons. The van der Waals surface area contributed by atoms with Crippen LogP contribution in [-0.2, 0) is 20.0 Å². The van der Waals surface area contributed by atoms with E-state index in [1.165, 1.54) is 20.7 Å². The van der Waals surface area contributed by atoms with Crippen LogP contribution in [-0.4, -0.2) is 51.6 Å². The number of sulfonamides is 2. The van der Waals surface area contributed by atoms with E-state index in [4.69, 9.17) is 23.2 Å². The van der Waals surface area contributed by atoms with Crippen molar-refractivity contribution in [2.45, 2.75) is 16.7 Å². The minimum atomic E-state index is -3.91. The second kappa shape index (κ2) is 7.69. The standard InChI is InChI=1S/C17H18Cl2N2O4S2/c1-13-5-7-14(8-6-13)26(22,23)20-9-11-21(12-10-20)27(24,25)17-15(18)3-2-4-16(17)19/h2-8H,9-12H2,1H3. The molecule has 0 aliphatic carbocycles. The Morgan fingerprint density at radius 2 is 1.19 bits per heavy atom. The minimum Gasteiger partial charge on any atom is -0.207 e. The molecule has 1 aliphatic heterocycles. The molecule has 1 fully saturated rings. The summed E-state index contributed by atoms with van der Waals surface area (Å²) in [7, 11) is -7.58. The summed E-state index contributed by atoms with van der Waals surface area (Å²) in [5.74, 6) is 0. The summed E-state index contributed by atoms with van der Waals surface area (Å²) in [6.07, 6.45) is 0. The summed E-state index contributed by atoms with van der Waals surface area (Å²) >= 11 is 12.1. The van der Waals surface area contributed by atoms with E-state index < -0.39 is 20.0 Å². The van der Waals surface area contributed by atoms with Crippen molar-refractivity contribution in [1.82, 2.24) is 8.61 Å². The molecule has 0 bridgehead atoms. The van der Waals surface area contributed by atoms with Gasteiger partial charge < -0.3 is 0 Å². The Kier molecular flexibility index (Phi) is 5.86. The predicted octanol–water partition coefficient (Wildman–Crippen LogP) is 3.00. The average Bonchev–Trinajstić information content (AvgIpc) is 2.62. The molecule has 146 valence electrons. The lowest BCUT2D eigenvalue weighted by Crippen LogP contribution is -2.50. The number of nitrogens with zero attached hydrogens (tertiary/aromatic N) is 2. The molecule has 2 aromatic carbocycles. The number of piperazine rings is 1. The van der Waals surface area contributed by atoms with Crippen molar-refractivity contribution in [2.75, 3.05) is 26.2 Å². The van der Waals surface area contributed by atoms with Gasteiger partial charge >= 0.3 is 0 Å². The normalized spacial score (nSPS) is 17.1. The van der Waals surface area contributed by atoms with Crippen molar-refractivity contribution in [3.8, 4) is 0 Å². The van der Waals surface area contributed by atoms with Gasteiger partial charge in [0.15, 0.2) is 0 Å². The smallest absolute Gasteiger partial charge is 0.207 e. The van der Waals surface area contributed by atoms with E-state index in [2.05, 4.69) is 0 Å². The lowest BCUT2D eigenvalue weighted by Gasteiger charge is -2.33. The van der Waals surface area contributed by atoms with Crippen LogP contribution in [0.15, 0.2) is 52.3 Å². The maximum atomic E-state index is 12.9. The third-order valence-corrected chi connectivity index (χ3v) is 9.14. The molecule has 0 spiro atoms. The van der Waals surface area contributed by atoms with Crippen LogP contribution in [0.5, 0.6) is 0 Å². The van der Waals surface area contributed by atoms with Gasteiger partial charge in [-0.25, -0.2) is 16.8 Å². The Balaban J connectivity index is 1.80. The van der Waals surface area contributed by atoms with E-state index in [-0.39, 0.29) is 46.0 Å². The van der Waals surface area contributed by atoms with E-state index in [9.17, 15) is 16.8 Å². The van der Waals surface area contributed by atoms with Gasteiger partial charge in [0.05, 0.1) is 14.9 Å². The van der Waals surface area contributed by atoms with Crippen LogP contribution >= 0.6 is 23.2 Å². The molecule has 3 rings (SSSR count). The lowest BCUT2D eigenvalue weighted by molar-refractivity contribution is 0.273. The van der Waals surface area contributed by atoms with Crippen LogP contribution in [0.2, 0.25) is 10.0 Å². The first-order chi connectivity index (χ1) is 12.6. The molecule has 1 saturated heterocycles. The summed E-state index contributed by atoms with van der Waals surface area (Å²) in [5, 5.41) is 0.0782. The molecular weight excluding hydrogens is 431 g/mol. The van der Waals surface area contributed by atoms with E-state index >= 15 is 0 Å². The Labute approximate surface area is 169 Å². The molecule has 0 unspecified atom stereocenters. The van der Waals surface area contributed by atoms with Gasteiger partial charge in [0.25, 0.3) is 0 Å². The Morgan fingerprint density at radius 1 is 0.741 bits per heavy atom. The topological polar surface area (TPSA) is 74.8 Å². The largest absolute Gasteiger partial charge is 0.246 e. The monoisotopic (exact) mass is 448 g/mol. The maximum absolute atomic E-state index is 12.9. The summed E-state index contributed by atoms with van der Waals surface area (Å²) in [6.45, 7) is 2.03. The van der Waals surface area contributed by atoms with Crippen molar-refractivity contribution < 1.29 is 16.8 Å². The van der Waals surface area contributed by atoms with E-state index in [1.54, 1.807) is 30.3 Å². The average molecular weight is 449 g/mol. The van der Waals surface area contributed by atoms with Gasteiger partial charge in [-0.05, 0) is 31.2 Å². The van der Waals surface area contributed by atoms with Gasteiger partial charge in [0.1, 0.15) is 4.90 Å². The first kappa shape index (κ1) is 20.6. The third-order valence-electron chi connectivity index (χ3n) is 4.37. The van der Waals surface area contributed by atoms with Crippen molar-refractivity contribution in [3.63, 3.8) is 0 Å². The second-order valence-corrected chi connectivity index (χ2v) is 10.8. The molecule has 1 aliphatic rings. The summed E-state index contributed by atoms with van der Waals surface area (Å²) in [4.78, 5) is 0.0433. The van der Waals surface area contributed by atoms with Gasteiger partial charge in [-0.1, -0.05) is 47.0 Å². The Morgan fingerprint density at radius 3 is 1.67 bits per heavy atom. The first-order valence-electron chi connectivity index (χ1n) is 8.15. The predicted molar refractivity (Wildman–Crippen MR) is 105 cm³/mol. The molecule has 27 heavy (non-hydrogen) atoms. The zero-order chi connectivity index (χ0) is 19.8. The molecule has 6 nitrogen and oxygen atoms in total. The quantitative estimate of drug-likeness (QED) is 0.720. The van der Waals surface area contributed by atoms with Crippen molar-refractivity contribution in [2.24, 2.45) is 0 Å². The SMILES string of the molecule is Cc1ccc(S(=O)(=O)N2CCN(S(=O)(=O)c3c(Cl)cccc3Cl)CC2)cc1. The molecule has 2 aromatic rings. The Hall–Kier alpha value is -1.16. The van der Waals surface area contributed by atoms with Crippen LogP contribution in [0, 0.1) is 6.92 Å². The Bertz CT molecular complexity index is 1030. The zero-order valence-corrected chi connectivity index (χ0v) is 17.6. The highest BCUT2D eigenvalue weighted by molar-refractivity contribution is 7.89. The molecule has 0 aromatic heterocycles. The lowest BCUT2D eigenvalue weighted by atomic mass is 10.2. The molecule has 0 N–H and O–H groups in total. The highest BCUT2D eigenvalue weighted by Gasteiger charge is 2.35. The summed E-state index contributed by atoms with van der Waals surface area (Å²) in [6, 6.07) is 11.0. The third kappa shape index (κ3) is 4.01. The van der Waals surface area contributed by atoms with Gasteiger partial charge in [-0.3, -0.25) is 0 Å². The van der Waals surface area contributed by atoms with Gasteiger partial charge in [-0.15, -0.1) is 0 Å². The van der Waals surface area contributed by atoms with Crippen LogP contribution in [0.1, 0.15) is 5.56 Å². The number of halogens is 2. The van der Waals surface area contributed by atoms with Gasteiger partial charge in [0.2, 0.25) is 20.0 Å². The van der Waals surface area contributed by atoms with Crippen LogP contribution in [0.25, 0.3) is 0 Å². The second-order valence-electron chi connectivity index (χ2n) is 6.17. The van der Waals surface area contributed by atoms with Crippen LogP contribution < -0.4 is 0 Å². The molecule has 0 saturated carbocycles. The molecule has 0 atom stereocenters. The van der Waals surface area contributed by atoms with E-state index in [1.807, 2.05) is 6.92 Å². The number of benzene rings is 2. The highest BCUT2D eigenvalue weighted by atomic mass is 35.5. The van der Waals surface area contributed by atoms with E-state index in [0.29, 0.717) is 0 Å². The number of aryl methyl sites for hydroxylation is 1.